The second kappa shape index (κ2) is 8.51. The van der Waals surface area contributed by atoms with E-state index < -0.39 is 0 Å². The molecule has 2 N–H and O–H groups in total. The monoisotopic (exact) mass is 374 g/mol. The first-order valence-electron chi connectivity index (χ1n) is 9.01. The van der Waals surface area contributed by atoms with Crippen LogP contribution in [0.25, 0.3) is 0 Å². The Kier molecular flexibility index (Phi) is 6.11. The molecule has 0 bridgehead atoms. The SMILES string of the molecule is CNC(=O)c1ccc(C2CCCCN2CC(=O)NCc2cccs2)n1C. The number of carbonyl (C=O) groups is 2. The van der Waals surface area contributed by atoms with E-state index in [-0.39, 0.29) is 17.9 Å². The lowest BCUT2D eigenvalue weighted by Gasteiger charge is -2.35. The van der Waals surface area contributed by atoms with E-state index in [1.54, 1.807) is 18.4 Å². The van der Waals surface area contributed by atoms with Crippen molar-refractivity contribution in [3.8, 4) is 0 Å². The van der Waals surface area contributed by atoms with Gasteiger partial charge in [-0.3, -0.25) is 14.5 Å². The van der Waals surface area contributed by atoms with E-state index in [4.69, 9.17) is 0 Å². The number of hydrogen-bond donors (Lipinski definition) is 2. The number of hydrogen-bond acceptors (Lipinski definition) is 4. The van der Waals surface area contributed by atoms with Crippen LogP contribution in [-0.2, 0) is 18.4 Å². The summed E-state index contributed by atoms with van der Waals surface area (Å²) in [5.41, 5.74) is 1.74. The molecule has 0 aliphatic carbocycles. The highest BCUT2D eigenvalue weighted by atomic mass is 32.1. The molecule has 3 rings (SSSR count). The lowest BCUT2D eigenvalue weighted by Crippen LogP contribution is -2.42. The van der Waals surface area contributed by atoms with E-state index in [0.29, 0.717) is 18.8 Å². The lowest BCUT2D eigenvalue weighted by molar-refractivity contribution is -0.123. The van der Waals surface area contributed by atoms with E-state index in [1.165, 1.54) is 0 Å². The van der Waals surface area contributed by atoms with Gasteiger partial charge in [0.1, 0.15) is 5.69 Å². The average Bonchev–Trinajstić information content (AvgIpc) is 3.29. The Morgan fingerprint density at radius 3 is 2.85 bits per heavy atom. The molecular weight excluding hydrogens is 348 g/mol. The van der Waals surface area contributed by atoms with Gasteiger partial charge in [0.2, 0.25) is 5.91 Å². The third kappa shape index (κ3) is 4.16. The largest absolute Gasteiger partial charge is 0.354 e. The minimum atomic E-state index is -0.0881. The number of amides is 2. The predicted molar refractivity (Wildman–Crippen MR) is 103 cm³/mol. The van der Waals surface area contributed by atoms with Crippen molar-refractivity contribution in [2.45, 2.75) is 31.8 Å². The van der Waals surface area contributed by atoms with Crippen LogP contribution in [0.15, 0.2) is 29.6 Å². The first-order chi connectivity index (χ1) is 12.6. The van der Waals surface area contributed by atoms with E-state index in [2.05, 4.69) is 15.5 Å². The first kappa shape index (κ1) is 18.7. The molecule has 140 valence electrons. The van der Waals surface area contributed by atoms with Crippen molar-refractivity contribution in [3.05, 3.63) is 45.9 Å². The smallest absolute Gasteiger partial charge is 0.267 e. The molecule has 0 saturated carbocycles. The summed E-state index contributed by atoms with van der Waals surface area (Å²) in [6, 6.07) is 8.06. The van der Waals surface area contributed by atoms with E-state index in [0.717, 1.165) is 36.4 Å². The van der Waals surface area contributed by atoms with Gasteiger partial charge in [0.15, 0.2) is 0 Å². The van der Waals surface area contributed by atoms with Crippen LogP contribution in [-0.4, -0.2) is 41.4 Å². The summed E-state index contributed by atoms with van der Waals surface area (Å²) in [6.45, 7) is 1.87. The number of nitrogens with one attached hydrogen (secondary N) is 2. The molecule has 2 aromatic rings. The van der Waals surface area contributed by atoms with Crippen molar-refractivity contribution in [2.24, 2.45) is 7.05 Å². The molecule has 2 amide bonds. The normalized spacial score (nSPS) is 17.8. The Hall–Kier alpha value is -2.12. The van der Waals surface area contributed by atoms with E-state index in [1.807, 2.05) is 41.3 Å². The summed E-state index contributed by atoms with van der Waals surface area (Å²) < 4.78 is 1.95. The Morgan fingerprint density at radius 1 is 1.27 bits per heavy atom. The van der Waals surface area contributed by atoms with Crippen molar-refractivity contribution in [3.63, 3.8) is 0 Å². The molecule has 1 fully saturated rings. The highest BCUT2D eigenvalue weighted by Crippen LogP contribution is 2.31. The Bertz CT molecular complexity index is 754. The highest BCUT2D eigenvalue weighted by Gasteiger charge is 2.28. The van der Waals surface area contributed by atoms with Gasteiger partial charge in [0, 0.05) is 24.7 Å². The molecule has 1 atom stereocenters. The first-order valence-corrected chi connectivity index (χ1v) is 9.89. The molecule has 1 unspecified atom stereocenters. The third-order valence-corrected chi connectivity index (χ3v) is 5.84. The standard InChI is InChI=1S/C19H26N4O2S/c1-20-19(25)17-9-8-15(22(17)2)16-7-3-4-10-23(16)13-18(24)21-12-14-6-5-11-26-14/h5-6,8-9,11,16H,3-4,7,10,12-13H2,1-2H3,(H,20,25)(H,21,24). The second-order valence-corrected chi connectivity index (χ2v) is 7.65. The molecule has 3 heterocycles. The molecular formula is C19H26N4O2S. The van der Waals surface area contributed by atoms with Crippen molar-refractivity contribution < 1.29 is 9.59 Å². The number of rotatable bonds is 6. The van der Waals surface area contributed by atoms with Gasteiger partial charge in [-0.25, -0.2) is 0 Å². The zero-order valence-electron chi connectivity index (χ0n) is 15.3. The van der Waals surface area contributed by atoms with Crippen LogP contribution in [0.3, 0.4) is 0 Å². The third-order valence-electron chi connectivity index (χ3n) is 4.96. The summed E-state index contributed by atoms with van der Waals surface area (Å²) in [5.74, 6) is -0.0409. The average molecular weight is 375 g/mol. The summed E-state index contributed by atoms with van der Waals surface area (Å²) >= 11 is 1.65. The summed E-state index contributed by atoms with van der Waals surface area (Å²) in [6.07, 6.45) is 3.24. The van der Waals surface area contributed by atoms with Gasteiger partial charge in [0.05, 0.1) is 19.1 Å². The molecule has 7 heteroatoms. The zero-order chi connectivity index (χ0) is 18.5. The predicted octanol–water partition coefficient (Wildman–Crippen LogP) is 2.29. The van der Waals surface area contributed by atoms with Gasteiger partial charge in [-0.1, -0.05) is 12.5 Å². The van der Waals surface area contributed by atoms with Gasteiger partial charge >= 0.3 is 0 Å². The van der Waals surface area contributed by atoms with Crippen LogP contribution in [0.1, 0.15) is 46.4 Å². The maximum atomic E-state index is 12.4. The van der Waals surface area contributed by atoms with Crippen molar-refractivity contribution in [2.75, 3.05) is 20.1 Å². The van der Waals surface area contributed by atoms with Gasteiger partial charge in [-0.2, -0.15) is 0 Å². The number of aromatic nitrogens is 1. The summed E-state index contributed by atoms with van der Waals surface area (Å²) in [5, 5.41) is 7.70. The molecule has 0 spiro atoms. The van der Waals surface area contributed by atoms with E-state index in [9.17, 15) is 9.59 Å². The summed E-state index contributed by atoms with van der Waals surface area (Å²) in [4.78, 5) is 27.8. The maximum absolute atomic E-state index is 12.4. The second-order valence-electron chi connectivity index (χ2n) is 6.62. The molecule has 26 heavy (non-hydrogen) atoms. The summed E-state index contributed by atoms with van der Waals surface area (Å²) in [7, 11) is 3.56. The molecule has 6 nitrogen and oxygen atoms in total. The van der Waals surface area contributed by atoms with Crippen LogP contribution < -0.4 is 10.6 Å². The maximum Gasteiger partial charge on any atom is 0.267 e. The fourth-order valence-corrected chi connectivity index (χ4v) is 4.22. The van der Waals surface area contributed by atoms with Crippen molar-refractivity contribution in [1.29, 1.82) is 0 Å². The van der Waals surface area contributed by atoms with Crippen LogP contribution in [0.5, 0.6) is 0 Å². The van der Waals surface area contributed by atoms with Gasteiger partial charge in [0.25, 0.3) is 5.91 Å². The molecule has 1 saturated heterocycles. The Morgan fingerprint density at radius 2 is 2.12 bits per heavy atom. The topological polar surface area (TPSA) is 66.4 Å². The molecule has 0 aromatic carbocycles. The van der Waals surface area contributed by atoms with Crippen LogP contribution in [0.4, 0.5) is 0 Å². The number of thiophene rings is 1. The van der Waals surface area contributed by atoms with E-state index >= 15 is 0 Å². The zero-order valence-corrected chi connectivity index (χ0v) is 16.1. The van der Waals surface area contributed by atoms with Crippen LogP contribution in [0, 0.1) is 0 Å². The van der Waals surface area contributed by atoms with Crippen LogP contribution in [0.2, 0.25) is 0 Å². The molecule has 1 aliphatic rings. The van der Waals surface area contributed by atoms with Crippen molar-refractivity contribution >= 4 is 23.2 Å². The number of carbonyl (C=O) groups excluding carboxylic acids is 2. The molecule has 1 aliphatic heterocycles. The fraction of sp³-hybridized carbons (Fsp3) is 0.474. The fourth-order valence-electron chi connectivity index (χ4n) is 3.57. The van der Waals surface area contributed by atoms with Crippen molar-refractivity contribution in [1.82, 2.24) is 20.1 Å². The van der Waals surface area contributed by atoms with Gasteiger partial charge in [-0.05, 0) is 43.0 Å². The minimum Gasteiger partial charge on any atom is -0.354 e. The van der Waals surface area contributed by atoms with Gasteiger partial charge < -0.3 is 15.2 Å². The molecule has 2 aromatic heterocycles. The lowest BCUT2D eigenvalue weighted by atomic mass is 9.99. The number of likely N-dealkylation sites (tertiary alicyclic amines) is 1. The quantitative estimate of drug-likeness (QED) is 0.815. The van der Waals surface area contributed by atoms with Crippen LogP contribution >= 0.6 is 11.3 Å². The highest BCUT2D eigenvalue weighted by molar-refractivity contribution is 7.09. The molecule has 0 radical (unpaired) electrons. The van der Waals surface area contributed by atoms with Gasteiger partial charge in [-0.15, -0.1) is 11.3 Å². The Balaban J connectivity index is 1.67. The Labute approximate surface area is 158 Å². The number of nitrogens with zero attached hydrogens (tertiary/aromatic N) is 2. The minimum absolute atomic E-state index is 0.0473. The number of piperidine rings is 1.